The molecule has 3 N–H and O–H groups in total. The van der Waals surface area contributed by atoms with E-state index in [1.165, 1.54) is 0 Å². The molecule has 4 fully saturated rings. The molecule has 1 aliphatic carbocycles. The SMILES string of the molecule is N#Cc1ccc(OC2CCC(N(CC3CCC(=O)NC3=O)C(=O)Cc3ccc(N4CCN(CC5CCN(c6ccc(C(N)=O)nn6)CC5)CC4)nc3)CC2)cc1Cl. The smallest absolute Gasteiger partial charge is 0.269 e. The van der Waals surface area contributed by atoms with Crippen molar-refractivity contribution in [2.24, 2.45) is 17.6 Å². The van der Waals surface area contributed by atoms with Gasteiger partial charge in [-0.15, -0.1) is 10.2 Å². The number of benzene rings is 1. The number of piperidine rings is 2. The number of piperazine rings is 1. The average molecular weight is 797 g/mol. The van der Waals surface area contributed by atoms with Crippen molar-refractivity contribution in [3.05, 3.63) is 70.5 Å². The number of nitrogens with one attached hydrogen (secondary N) is 1. The highest BCUT2D eigenvalue weighted by Gasteiger charge is 2.35. The lowest BCUT2D eigenvalue weighted by molar-refractivity contribution is -0.140. The number of nitriles is 1. The lowest BCUT2D eigenvalue weighted by Gasteiger charge is -2.39. The maximum Gasteiger partial charge on any atom is 0.269 e. The van der Waals surface area contributed by atoms with Crippen LogP contribution in [0.4, 0.5) is 11.6 Å². The number of imide groups is 1. The summed E-state index contributed by atoms with van der Waals surface area (Å²) in [4.78, 5) is 63.6. The summed E-state index contributed by atoms with van der Waals surface area (Å²) in [7, 11) is 0. The molecule has 1 atom stereocenters. The molecule has 5 heterocycles. The molecule has 1 unspecified atom stereocenters. The first kappa shape index (κ1) is 39.9. The second kappa shape index (κ2) is 18.3. The van der Waals surface area contributed by atoms with Gasteiger partial charge < -0.3 is 25.2 Å². The summed E-state index contributed by atoms with van der Waals surface area (Å²) in [6, 6.07) is 14.4. The topological polar surface area (TPSA) is 191 Å². The van der Waals surface area contributed by atoms with E-state index in [1.54, 1.807) is 30.5 Å². The van der Waals surface area contributed by atoms with E-state index in [0.717, 1.165) is 88.7 Å². The van der Waals surface area contributed by atoms with E-state index in [9.17, 15) is 24.4 Å². The number of hydrogen-bond donors (Lipinski definition) is 2. The summed E-state index contributed by atoms with van der Waals surface area (Å²) in [5, 5.41) is 20.1. The first-order valence-electron chi connectivity index (χ1n) is 19.9. The molecule has 1 aromatic carbocycles. The van der Waals surface area contributed by atoms with Gasteiger partial charge in [-0.3, -0.25) is 29.4 Å². The fourth-order valence-corrected chi connectivity index (χ4v) is 8.62. The molecule has 0 bridgehead atoms. The molecular formula is C41H49ClN10O5. The van der Waals surface area contributed by atoms with Gasteiger partial charge in [0.05, 0.1) is 29.0 Å². The monoisotopic (exact) mass is 796 g/mol. The van der Waals surface area contributed by atoms with E-state index >= 15 is 0 Å². The Bertz CT molecular complexity index is 1950. The van der Waals surface area contributed by atoms with Crippen molar-refractivity contribution in [1.82, 2.24) is 30.3 Å². The minimum Gasteiger partial charge on any atom is -0.490 e. The van der Waals surface area contributed by atoms with Gasteiger partial charge in [0, 0.05) is 77.1 Å². The molecule has 0 radical (unpaired) electrons. The molecule has 0 spiro atoms. The summed E-state index contributed by atoms with van der Waals surface area (Å²) in [5.74, 6) is 1.19. The molecule has 15 nitrogen and oxygen atoms in total. The molecular weight excluding hydrogens is 748 g/mol. The van der Waals surface area contributed by atoms with Crippen molar-refractivity contribution in [2.75, 3.05) is 62.2 Å². The Labute approximate surface area is 337 Å². The maximum absolute atomic E-state index is 14.0. The number of nitrogens with zero attached hydrogens (tertiary/aromatic N) is 8. The van der Waals surface area contributed by atoms with Gasteiger partial charge in [-0.1, -0.05) is 17.7 Å². The summed E-state index contributed by atoms with van der Waals surface area (Å²) >= 11 is 6.22. The lowest BCUT2D eigenvalue weighted by atomic mass is 9.89. The van der Waals surface area contributed by atoms with Gasteiger partial charge in [0.1, 0.15) is 17.6 Å². The van der Waals surface area contributed by atoms with E-state index in [2.05, 4.69) is 36.3 Å². The van der Waals surface area contributed by atoms with E-state index in [-0.39, 0.29) is 54.9 Å². The van der Waals surface area contributed by atoms with Crippen LogP contribution in [0.2, 0.25) is 5.02 Å². The van der Waals surface area contributed by atoms with Crippen molar-refractivity contribution in [2.45, 2.75) is 69.9 Å². The molecule has 3 saturated heterocycles. The molecule has 3 aromatic rings. The first-order valence-corrected chi connectivity index (χ1v) is 20.3. The van der Waals surface area contributed by atoms with Crippen LogP contribution in [-0.2, 0) is 20.8 Å². The molecule has 3 aliphatic heterocycles. The quantitative estimate of drug-likeness (QED) is 0.255. The summed E-state index contributed by atoms with van der Waals surface area (Å²) in [5.41, 5.74) is 6.67. The zero-order valence-corrected chi connectivity index (χ0v) is 32.8. The number of ether oxygens (including phenoxy) is 1. The third kappa shape index (κ3) is 10.2. The number of carbonyl (C=O) groups excluding carboxylic acids is 4. The second-order valence-corrected chi connectivity index (χ2v) is 16.0. The molecule has 4 aliphatic rings. The number of carbonyl (C=O) groups is 4. The van der Waals surface area contributed by atoms with Crippen molar-refractivity contribution >= 4 is 46.9 Å². The Morgan fingerprint density at radius 1 is 0.912 bits per heavy atom. The van der Waals surface area contributed by atoms with Crippen LogP contribution in [0, 0.1) is 23.2 Å². The molecule has 7 rings (SSSR count). The van der Waals surface area contributed by atoms with Gasteiger partial charge in [0.15, 0.2) is 11.5 Å². The number of nitrogens with two attached hydrogens (primary N) is 1. The highest BCUT2D eigenvalue weighted by atomic mass is 35.5. The third-order valence-corrected chi connectivity index (χ3v) is 12.1. The van der Waals surface area contributed by atoms with Crippen LogP contribution >= 0.6 is 11.6 Å². The predicted molar refractivity (Wildman–Crippen MR) is 213 cm³/mol. The van der Waals surface area contributed by atoms with E-state index in [0.29, 0.717) is 41.5 Å². The van der Waals surface area contributed by atoms with Crippen LogP contribution in [0.15, 0.2) is 48.7 Å². The van der Waals surface area contributed by atoms with E-state index in [1.807, 2.05) is 23.1 Å². The lowest BCUT2D eigenvalue weighted by Crippen LogP contribution is -2.51. The van der Waals surface area contributed by atoms with Crippen molar-refractivity contribution < 1.29 is 23.9 Å². The Morgan fingerprint density at radius 3 is 2.28 bits per heavy atom. The Kier molecular flexibility index (Phi) is 12.8. The van der Waals surface area contributed by atoms with Gasteiger partial charge in [0.2, 0.25) is 17.7 Å². The van der Waals surface area contributed by atoms with Gasteiger partial charge in [0.25, 0.3) is 5.91 Å². The summed E-state index contributed by atoms with van der Waals surface area (Å²) in [6.45, 7) is 6.75. The minimum atomic E-state index is -0.577. The van der Waals surface area contributed by atoms with Crippen LogP contribution in [-0.4, -0.2) is 113 Å². The highest BCUT2D eigenvalue weighted by Crippen LogP contribution is 2.31. The van der Waals surface area contributed by atoms with E-state index in [4.69, 9.17) is 27.1 Å². The normalized spacial score (nSPS) is 22.1. The summed E-state index contributed by atoms with van der Waals surface area (Å²) < 4.78 is 6.20. The number of pyridine rings is 1. The van der Waals surface area contributed by atoms with Crippen LogP contribution in [0.3, 0.4) is 0 Å². The molecule has 300 valence electrons. The first-order chi connectivity index (χ1) is 27.6. The summed E-state index contributed by atoms with van der Waals surface area (Å²) in [6.07, 6.45) is 7.55. The van der Waals surface area contributed by atoms with Gasteiger partial charge >= 0.3 is 0 Å². The zero-order valence-electron chi connectivity index (χ0n) is 32.0. The van der Waals surface area contributed by atoms with Gasteiger partial charge in [-0.25, -0.2) is 4.98 Å². The fraction of sp³-hybridized carbons (Fsp3) is 0.512. The van der Waals surface area contributed by atoms with E-state index < -0.39 is 11.8 Å². The Balaban J connectivity index is 0.892. The standard InChI is InChI=1S/C41H49ClN10O5/c42-34-22-33(6-2-29(34)23-43)57-32-7-4-31(5-8-32)52(26-30-3-12-38(53)46-41(30)56)39(54)21-28-1-10-36(45-24-28)51-19-17-49(18-20-51)25-27-13-15-50(16-14-27)37-11-9-35(40(44)55)47-48-37/h1-2,6,9-11,22,24,27,30-32H,3-5,7-8,12-21,25-26H2,(H2,44,55)(H,46,53,56). The number of aromatic nitrogens is 3. The molecule has 57 heavy (non-hydrogen) atoms. The average Bonchev–Trinajstić information content (AvgIpc) is 3.22. The van der Waals surface area contributed by atoms with Crippen molar-refractivity contribution in [3.63, 3.8) is 0 Å². The molecule has 4 amide bonds. The number of halogens is 1. The minimum absolute atomic E-state index is 0.0629. The number of anilines is 2. The predicted octanol–water partition coefficient (Wildman–Crippen LogP) is 3.35. The second-order valence-electron chi connectivity index (χ2n) is 15.6. The number of hydrogen-bond acceptors (Lipinski definition) is 12. The Morgan fingerprint density at radius 2 is 1.65 bits per heavy atom. The van der Waals surface area contributed by atoms with Gasteiger partial charge in [-0.2, -0.15) is 5.26 Å². The fourth-order valence-electron chi connectivity index (χ4n) is 8.41. The third-order valence-electron chi connectivity index (χ3n) is 11.8. The van der Waals surface area contributed by atoms with Crippen molar-refractivity contribution in [1.29, 1.82) is 5.26 Å². The van der Waals surface area contributed by atoms with Gasteiger partial charge in [-0.05, 0) is 86.8 Å². The Hall–Kier alpha value is -5.33. The maximum atomic E-state index is 14.0. The van der Waals surface area contributed by atoms with Crippen LogP contribution in [0.5, 0.6) is 5.75 Å². The zero-order chi connectivity index (χ0) is 39.9. The largest absolute Gasteiger partial charge is 0.490 e. The molecule has 2 aromatic heterocycles. The van der Waals surface area contributed by atoms with Crippen molar-refractivity contribution in [3.8, 4) is 11.8 Å². The molecule has 1 saturated carbocycles. The van der Waals surface area contributed by atoms with Crippen LogP contribution < -0.4 is 25.6 Å². The number of rotatable bonds is 12. The highest BCUT2D eigenvalue weighted by molar-refractivity contribution is 6.31. The van der Waals surface area contributed by atoms with Crippen LogP contribution in [0.25, 0.3) is 0 Å². The number of primary amides is 1. The number of amides is 4. The molecule has 16 heteroatoms. The van der Waals surface area contributed by atoms with Crippen LogP contribution in [0.1, 0.15) is 73.0 Å².